The van der Waals surface area contributed by atoms with Gasteiger partial charge in [-0.25, -0.2) is 21.6 Å². The van der Waals surface area contributed by atoms with Crippen LogP contribution in [0.4, 0.5) is 0 Å². The normalized spacial score (nSPS) is 12.5. The molecule has 1 N–H and O–H groups in total. The zero-order chi connectivity index (χ0) is 15.2. The third-order valence-corrected chi connectivity index (χ3v) is 5.21. The second-order valence-corrected chi connectivity index (χ2v) is 8.53. The summed E-state index contributed by atoms with van der Waals surface area (Å²) < 4.78 is 52.2. The molecule has 0 saturated carbocycles. The van der Waals surface area contributed by atoms with Crippen LogP contribution < -0.4 is 4.72 Å². The molecule has 0 spiro atoms. The Hall–Kier alpha value is -0.670. The Morgan fingerprint density at radius 2 is 1.75 bits per heavy atom. The van der Waals surface area contributed by atoms with Crippen LogP contribution in [-0.4, -0.2) is 42.8 Å². The standard InChI is InChI=1S/C11H16ClNO5S2/c1-18-8-9-19(14,15)13-7-6-10-2-4-11(5-3-10)20(12,16)17/h2-5,13H,6-9H2,1H3. The summed E-state index contributed by atoms with van der Waals surface area (Å²) in [7, 11) is -0.439. The van der Waals surface area contributed by atoms with Crippen molar-refractivity contribution in [1.82, 2.24) is 4.72 Å². The summed E-state index contributed by atoms with van der Waals surface area (Å²) in [6.45, 7) is 0.372. The lowest BCUT2D eigenvalue weighted by Crippen LogP contribution is -2.29. The molecule has 0 fully saturated rings. The second-order valence-electron chi connectivity index (χ2n) is 4.04. The molecule has 0 radical (unpaired) electrons. The first-order chi connectivity index (χ1) is 9.24. The van der Waals surface area contributed by atoms with Crippen molar-refractivity contribution in [2.24, 2.45) is 0 Å². The minimum absolute atomic E-state index is 0.0172. The molecule has 1 rings (SSSR count). The Bertz CT molecular complexity index is 625. The number of nitrogens with one attached hydrogen (secondary N) is 1. The quantitative estimate of drug-likeness (QED) is 0.704. The summed E-state index contributed by atoms with van der Waals surface area (Å²) in [6.07, 6.45) is 0.453. The van der Waals surface area contributed by atoms with Crippen molar-refractivity contribution >= 4 is 29.8 Å². The van der Waals surface area contributed by atoms with Crippen LogP contribution in [0.1, 0.15) is 5.56 Å². The van der Waals surface area contributed by atoms with Crippen LogP contribution in [0, 0.1) is 0 Å². The summed E-state index contributed by atoms with van der Waals surface area (Å²) in [5, 5.41) is 0. The molecule has 9 heteroatoms. The van der Waals surface area contributed by atoms with Crippen LogP contribution in [0.5, 0.6) is 0 Å². The van der Waals surface area contributed by atoms with Gasteiger partial charge in [-0.15, -0.1) is 0 Å². The van der Waals surface area contributed by atoms with Gasteiger partial charge in [0, 0.05) is 24.3 Å². The van der Waals surface area contributed by atoms with Gasteiger partial charge in [-0.2, -0.15) is 0 Å². The fourth-order valence-electron chi connectivity index (χ4n) is 1.43. The van der Waals surface area contributed by atoms with Crippen molar-refractivity contribution in [2.45, 2.75) is 11.3 Å². The lowest BCUT2D eigenvalue weighted by Gasteiger charge is -2.06. The van der Waals surface area contributed by atoms with Gasteiger partial charge in [0.1, 0.15) is 0 Å². The van der Waals surface area contributed by atoms with E-state index < -0.39 is 19.1 Å². The van der Waals surface area contributed by atoms with E-state index in [0.29, 0.717) is 6.42 Å². The molecular weight excluding hydrogens is 326 g/mol. The molecule has 0 atom stereocenters. The summed E-state index contributed by atoms with van der Waals surface area (Å²) in [4.78, 5) is 0.0172. The lowest BCUT2D eigenvalue weighted by atomic mass is 10.2. The molecule has 0 saturated heterocycles. The molecule has 1 aromatic rings. The number of ether oxygens (including phenoxy) is 1. The minimum atomic E-state index is -3.73. The molecule has 0 unspecified atom stereocenters. The van der Waals surface area contributed by atoms with Crippen molar-refractivity contribution in [3.63, 3.8) is 0 Å². The van der Waals surface area contributed by atoms with Crippen LogP contribution in [0.3, 0.4) is 0 Å². The number of halogens is 1. The molecule has 0 bridgehead atoms. The van der Waals surface area contributed by atoms with E-state index in [4.69, 9.17) is 15.4 Å². The molecule has 0 aliphatic heterocycles. The summed E-state index contributed by atoms with van der Waals surface area (Å²) in [5.74, 6) is -0.0903. The van der Waals surface area contributed by atoms with E-state index in [-0.39, 0.29) is 23.8 Å². The SMILES string of the molecule is COCCS(=O)(=O)NCCc1ccc(S(=O)(=O)Cl)cc1. The molecule has 0 amide bonds. The Kier molecular flexibility index (Phi) is 6.41. The molecule has 6 nitrogen and oxygen atoms in total. The van der Waals surface area contributed by atoms with E-state index in [0.717, 1.165) is 5.56 Å². The summed E-state index contributed by atoms with van der Waals surface area (Å²) >= 11 is 0. The first-order valence-electron chi connectivity index (χ1n) is 5.74. The monoisotopic (exact) mass is 341 g/mol. The van der Waals surface area contributed by atoms with Crippen LogP contribution in [0.25, 0.3) is 0 Å². The number of methoxy groups -OCH3 is 1. The first kappa shape index (κ1) is 17.4. The van der Waals surface area contributed by atoms with Gasteiger partial charge in [0.2, 0.25) is 10.0 Å². The Morgan fingerprint density at radius 1 is 1.15 bits per heavy atom. The van der Waals surface area contributed by atoms with Crippen molar-refractivity contribution in [3.05, 3.63) is 29.8 Å². The van der Waals surface area contributed by atoms with E-state index >= 15 is 0 Å². The predicted molar refractivity (Wildman–Crippen MR) is 76.9 cm³/mol. The molecule has 114 valence electrons. The molecule has 0 aromatic heterocycles. The van der Waals surface area contributed by atoms with Gasteiger partial charge in [-0.1, -0.05) is 12.1 Å². The van der Waals surface area contributed by atoms with Gasteiger partial charge >= 0.3 is 0 Å². The Labute approximate surface area is 123 Å². The molecule has 1 aromatic carbocycles. The number of sulfonamides is 1. The summed E-state index contributed by atoms with van der Waals surface area (Å²) in [6, 6.07) is 5.96. The fraction of sp³-hybridized carbons (Fsp3) is 0.455. The van der Waals surface area contributed by atoms with Gasteiger partial charge in [0.15, 0.2) is 0 Å². The maximum absolute atomic E-state index is 11.5. The minimum Gasteiger partial charge on any atom is -0.384 e. The Balaban J connectivity index is 2.51. The van der Waals surface area contributed by atoms with Crippen LogP contribution in [0.2, 0.25) is 0 Å². The Morgan fingerprint density at radius 3 is 2.25 bits per heavy atom. The third kappa shape index (κ3) is 6.19. The van der Waals surface area contributed by atoms with E-state index in [2.05, 4.69) is 4.72 Å². The van der Waals surface area contributed by atoms with E-state index in [9.17, 15) is 16.8 Å². The third-order valence-electron chi connectivity index (χ3n) is 2.50. The maximum atomic E-state index is 11.5. The van der Waals surface area contributed by atoms with E-state index in [1.54, 1.807) is 12.1 Å². The molecule has 0 aliphatic carbocycles. The number of hydrogen-bond donors (Lipinski definition) is 1. The number of hydrogen-bond acceptors (Lipinski definition) is 5. The molecule has 20 heavy (non-hydrogen) atoms. The maximum Gasteiger partial charge on any atom is 0.261 e. The van der Waals surface area contributed by atoms with Crippen LogP contribution >= 0.6 is 10.7 Å². The highest BCUT2D eigenvalue weighted by molar-refractivity contribution is 8.13. The van der Waals surface area contributed by atoms with Gasteiger partial charge in [-0.05, 0) is 24.1 Å². The molecular formula is C11H16ClNO5S2. The highest BCUT2D eigenvalue weighted by atomic mass is 35.7. The predicted octanol–water partition coefficient (Wildman–Crippen LogP) is 0.722. The summed E-state index contributed by atoms with van der Waals surface area (Å²) in [5.41, 5.74) is 0.809. The lowest BCUT2D eigenvalue weighted by molar-refractivity contribution is 0.217. The molecule has 0 heterocycles. The largest absolute Gasteiger partial charge is 0.384 e. The van der Waals surface area contributed by atoms with Crippen molar-refractivity contribution in [1.29, 1.82) is 0 Å². The zero-order valence-electron chi connectivity index (χ0n) is 10.9. The van der Waals surface area contributed by atoms with Crippen LogP contribution in [-0.2, 0) is 30.2 Å². The smallest absolute Gasteiger partial charge is 0.261 e. The van der Waals surface area contributed by atoms with Crippen molar-refractivity contribution < 1.29 is 21.6 Å². The van der Waals surface area contributed by atoms with Crippen molar-refractivity contribution in [3.8, 4) is 0 Å². The second kappa shape index (κ2) is 7.37. The average Bonchev–Trinajstić information content (AvgIpc) is 2.36. The topological polar surface area (TPSA) is 89.5 Å². The number of benzene rings is 1. The first-order valence-corrected chi connectivity index (χ1v) is 9.70. The highest BCUT2D eigenvalue weighted by Gasteiger charge is 2.10. The zero-order valence-corrected chi connectivity index (χ0v) is 13.3. The van der Waals surface area contributed by atoms with Gasteiger partial charge in [0.05, 0.1) is 17.3 Å². The fourth-order valence-corrected chi connectivity index (χ4v) is 3.15. The van der Waals surface area contributed by atoms with E-state index in [1.165, 1.54) is 19.2 Å². The molecule has 0 aliphatic rings. The van der Waals surface area contributed by atoms with Gasteiger partial charge < -0.3 is 4.74 Å². The van der Waals surface area contributed by atoms with Gasteiger partial charge in [0.25, 0.3) is 9.05 Å². The average molecular weight is 342 g/mol. The van der Waals surface area contributed by atoms with Gasteiger partial charge in [-0.3, -0.25) is 0 Å². The van der Waals surface area contributed by atoms with Crippen LogP contribution in [0.15, 0.2) is 29.2 Å². The highest BCUT2D eigenvalue weighted by Crippen LogP contribution is 2.15. The van der Waals surface area contributed by atoms with E-state index in [1.807, 2.05) is 0 Å². The number of rotatable bonds is 8. The van der Waals surface area contributed by atoms with Crippen molar-refractivity contribution in [2.75, 3.05) is 26.0 Å².